The van der Waals surface area contributed by atoms with Crippen molar-refractivity contribution in [3.05, 3.63) is 30.0 Å². The zero-order chi connectivity index (χ0) is 24.7. The fourth-order valence-electron chi connectivity index (χ4n) is 5.87. The van der Waals surface area contributed by atoms with Crippen molar-refractivity contribution in [2.45, 2.75) is 82.4 Å². The molecule has 36 heavy (non-hydrogen) atoms. The van der Waals surface area contributed by atoms with Gasteiger partial charge in [-0.2, -0.15) is 0 Å². The van der Waals surface area contributed by atoms with Crippen LogP contribution in [0.25, 0.3) is 11.0 Å². The maximum Gasteiger partial charge on any atom is 0.270 e. The number of fused-ring (bicyclic) bond motifs is 1. The molecule has 1 aliphatic carbocycles. The molecule has 196 valence electrons. The first-order chi connectivity index (χ1) is 17.6. The molecule has 0 spiro atoms. The molecular formula is C28H42N6O2. The number of carbonyl (C=O) groups is 1. The van der Waals surface area contributed by atoms with Crippen molar-refractivity contribution in [3.63, 3.8) is 0 Å². The summed E-state index contributed by atoms with van der Waals surface area (Å²) in [6.45, 7) is 6.17. The molecule has 2 aromatic heterocycles. The Balaban J connectivity index is 1.07. The third kappa shape index (κ3) is 6.72. The highest BCUT2D eigenvalue weighted by Crippen LogP contribution is 2.21. The predicted molar refractivity (Wildman–Crippen MR) is 143 cm³/mol. The molecule has 4 heterocycles. The van der Waals surface area contributed by atoms with Crippen molar-refractivity contribution in [3.8, 4) is 0 Å². The lowest BCUT2D eigenvalue weighted by molar-refractivity contribution is 0.0905. The van der Waals surface area contributed by atoms with Crippen LogP contribution in [-0.4, -0.2) is 83.3 Å². The monoisotopic (exact) mass is 494 g/mol. The van der Waals surface area contributed by atoms with Crippen LogP contribution in [0.15, 0.2) is 24.3 Å². The fraction of sp³-hybridized carbons (Fsp3) is 0.679. The van der Waals surface area contributed by atoms with Crippen LogP contribution in [0.2, 0.25) is 0 Å². The van der Waals surface area contributed by atoms with Crippen molar-refractivity contribution < 1.29 is 9.90 Å². The van der Waals surface area contributed by atoms with Gasteiger partial charge in [0, 0.05) is 51.4 Å². The van der Waals surface area contributed by atoms with Crippen molar-refractivity contribution >= 4 is 22.8 Å². The molecule has 1 amide bonds. The lowest BCUT2D eigenvalue weighted by Gasteiger charge is -2.33. The molecule has 2 saturated heterocycles. The zero-order valence-electron chi connectivity index (χ0n) is 21.5. The maximum absolute atomic E-state index is 12.9. The smallest absolute Gasteiger partial charge is 0.270 e. The molecule has 0 bridgehead atoms. The van der Waals surface area contributed by atoms with E-state index in [4.69, 9.17) is 4.98 Å². The van der Waals surface area contributed by atoms with Crippen LogP contribution in [0.5, 0.6) is 0 Å². The van der Waals surface area contributed by atoms with Gasteiger partial charge < -0.3 is 25.5 Å². The lowest BCUT2D eigenvalue weighted by atomic mass is 9.93. The normalized spacial score (nSPS) is 24.5. The number of hydrogen-bond donors (Lipinski definition) is 3. The quantitative estimate of drug-likeness (QED) is 0.545. The molecule has 0 unspecified atom stereocenters. The molecule has 2 aromatic rings. The Morgan fingerprint density at radius 1 is 0.833 bits per heavy atom. The summed E-state index contributed by atoms with van der Waals surface area (Å²) < 4.78 is 0. The molecule has 0 aromatic carbocycles. The number of piperidine rings is 1. The molecule has 2 aliphatic heterocycles. The average molecular weight is 495 g/mol. The Hall–Kier alpha value is -2.29. The predicted octanol–water partition coefficient (Wildman–Crippen LogP) is 3.10. The highest BCUT2D eigenvalue weighted by molar-refractivity contribution is 5.94. The summed E-state index contributed by atoms with van der Waals surface area (Å²) >= 11 is 0. The molecule has 8 nitrogen and oxygen atoms in total. The summed E-state index contributed by atoms with van der Waals surface area (Å²) in [6, 6.07) is 8.54. The van der Waals surface area contributed by atoms with Crippen LogP contribution in [0.1, 0.15) is 74.7 Å². The molecule has 0 radical (unpaired) electrons. The summed E-state index contributed by atoms with van der Waals surface area (Å²) in [6.07, 6.45) is 10.9. The Morgan fingerprint density at radius 2 is 1.53 bits per heavy atom. The Kier molecular flexibility index (Phi) is 8.67. The number of aliphatic hydroxyl groups excluding tert-OH is 1. The summed E-state index contributed by atoms with van der Waals surface area (Å²) in [5.74, 6) is 0.927. The van der Waals surface area contributed by atoms with Gasteiger partial charge >= 0.3 is 0 Å². The third-order valence-electron chi connectivity index (χ3n) is 8.17. The van der Waals surface area contributed by atoms with Crippen molar-refractivity contribution in [1.82, 2.24) is 25.5 Å². The molecule has 0 atom stereocenters. The van der Waals surface area contributed by atoms with Crippen LogP contribution in [0.3, 0.4) is 0 Å². The standard InChI is InChI=1S/C28H42N6O2/c35-23-7-5-21(6-8-23)29-15-20-33-18-13-22(14-19-33)30-28(36)26-10-9-25-24(31-26)11-12-27(32-25)34-16-3-1-2-4-17-34/h9-12,21-23,29,35H,1-8,13-20H2,(H,30,36). The van der Waals surface area contributed by atoms with Crippen molar-refractivity contribution in [1.29, 1.82) is 0 Å². The first-order valence-electron chi connectivity index (χ1n) is 14.1. The van der Waals surface area contributed by atoms with E-state index in [1.54, 1.807) is 0 Å². The second-order valence-corrected chi connectivity index (χ2v) is 10.9. The van der Waals surface area contributed by atoms with E-state index in [9.17, 15) is 9.90 Å². The van der Waals surface area contributed by atoms with Gasteiger partial charge in [-0.05, 0) is 75.6 Å². The van der Waals surface area contributed by atoms with Crippen molar-refractivity contribution in [2.24, 2.45) is 0 Å². The van der Waals surface area contributed by atoms with Gasteiger partial charge in [-0.25, -0.2) is 9.97 Å². The number of nitrogens with one attached hydrogen (secondary N) is 2. The van der Waals surface area contributed by atoms with Gasteiger partial charge in [0.15, 0.2) is 0 Å². The van der Waals surface area contributed by atoms with Gasteiger partial charge in [0.05, 0.1) is 17.1 Å². The van der Waals surface area contributed by atoms with E-state index in [1.165, 1.54) is 25.7 Å². The largest absolute Gasteiger partial charge is 0.393 e. The van der Waals surface area contributed by atoms with Gasteiger partial charge in [-0.15, -0.1) is 0 Å². The number of carbonyl (C=O) groups excluding carboxylic acids is 1. The minimum absolute atomic E-state index is 0.0897. The number of rotatable bonds is 7. The van der Waals surface area contributed by atoms with Gasteiger partial charge in [0.2, 0.25) is 0 Å². The molecule has 5 rings (SSSR count). The van der Waals surface area contributed by atoms with E-state index in [1.807, 2.05) is 24.3 Å². The third-order valence-corrected chi connectivity index (χ3v) is 8.17. The van der Waals surface area contributed by atoms with Crippen LogP contribution >= 0.6 is 0 Å². The Labute approximate surface area is 214 Å². The number of pyridine rings is 2. The van der Waals surface area contributed by atoms with Crippen LogP contribution in [-0.2, 0) is 0 Å². The maximum atomic E-state index is 12.9. The number of amides is 1. The van der Waals surface area contributed by atoms with E-state index in [0.29, 0.717) is 11.7 Å². The minimum Gasteiger partial charge on any atom is -0.393 e. The lowest BCUT2D eigenvalue weighted by Crippen LogP contribution is -2.47. The van der Waals surface area contributed by atoms with Gasteiger partial charge in [0.25, 0.3) is 5.91 Å². The topological polar surface area (TPSA) is 93.6 Å². The van der Waals surface area contributed by atoms with Gasteiger partial charge in [-0.1, -0.05) is 12.8 Å². The summed E-state index contributed by atoms with van der Waals surface area (Å²) in [5, 5.41) is 16.5. The Morgan fingerprint density at radius 3 is 2.28 bits per heavy atom. The van der Waals surface area contributed by atoms with E-state index in [2.05, 4.69) is 25.4 Å². The highest BCUT2D eigenvalue weighted by atomic mass is 16.3. The molecule has 1 saturated carbocycles. The molecule has 3 fully saturated rings. The number of nitrogens with zero attached hydrogens (tertiary/aromatic N) is 4. The second kappa shape index (κ2) is 12.3. The molecule has 3 aliphatic rings. The molecular weight excluding hydrogens is 452 g/mol. The first-order valence-corrected chi connectivity index (χ1v) is 14.1. The van der Waals surface area contributed by atoms with Gasteiger partial charge in [-0.3, -0.25) is 4.79 Å². The summed E-state index contributed by atoms with van der Waals surface area (Å²) in [4.78, 5) is 27.2. The average Bonchev–Trinajstić information content (AvgIpc) is 3.20. The van der Waals surface area contributed by atoms with E-state index >= 15 is 0 Å². The van der Waals surface area contributed by atoms with E-state index < -0.39 is 0 Å². The second-order valence-electron chi connectivity index (χ2n) is 10.9. The number of hydrogen-bond acceptors (Lipinski definition) is 7. The van der Waals surface area contributed by atoms with Crippen LogP contribution < -0.4 is 15.5 Å². The SMILES string of the molecule is O=C(NC1CCN(CCNC2CCC(O)CC2)CC1)c1ccc2nc(N3CCCCCC3)ccc2n1. The minimum atomic E-state index is -0.0966. The van der Waals surface area contributed by atoms with Crippen LogP contribution in [0, 0.1) is 0 Å². The first kappa shape index (κ1) is 25.4. The number of likely N-dealkylation sites (tertiary alicyclic amines) is 1. The molecule has 8 heteroatoms. The summed E-state index contributed by atoms with van der Waals surface area (Å²) in [5.41, 5.74) is 2.09. The van der Waals surface area contributed by atoms with E-state index in [-0.39, 0.29) is 18.1 Å². The van der Waals surface area contributed by atoms with Crippen molar-refractivity contribution in [2.75, 3.05) is 44.2 Å². The van der Waals surface area contributed by atoms with E-state index in [0.717, 1.165) is 94.6 Å². The number of aromatic nitrogens is 2. The van der Waals surface area contributed by atoms with Crippen LogP contribution in [0.4, 0.5) is 5.82 Å². The summed E-state index contributed by atoms with van der Waals surface area (Å²) in [7, 11) is 0. The fourth-order valence-corrected chi connectivity index (χ4v) is 5.87. The highest BCUT2D eigenvalue weighted by Gasteiger charge is 2.23. The number of anilines is 1. The number of aliphatic hydroxyl groups is 1. The Bertz CT molecular complexity index is 993. The molecule has 3 N–H and O–H groups in total. The van der Waals surface area contributed by atoms with Gasteiger partial charge in [0.1, 0.15) is 11.5 Å². The zero-order valence-corrected chi connectivity index (χ0v) is 21.5.